The van der Waals surface area contributed by atoms with Crippen LogP contribution in [0, 0.1) is 11.3 Å². The van der Waals surface area contributed by atoms with Crippen molar-refractivity contribution in [1.29, 1.82) is 5.26 Å². The zero-order chi connectivity index (χ0) is 25.2. The van der Waals surface area contributed by atoms with Crippen molar-refractivity contribution < 1.29 is 18.9 Å². The van der Waals surface area contributed by atoms with Crippen LogP contribution in [0.2, 0.25) is 0 Å². The summed E-state index contributed by atoms with van der Waals surface area (Å²) in [6.45, 7) is 2.02. The highest BCUT2D eigenvalue weighted by molar-refractivity contribution is 9.10. The molecule has 0 saturated carbocycles. The van der Waals surface area contributed by atoms with Gasteiger partial charge in [-0.25, -0.2) is 0 Å². The van der Waals surface area contributed by atoms with Crippen LogP contribution in [0.5, 0.6) is 34.9 Å². The van der Waals surface area contributed by atoms with Gasteiger partial charge in [0, 0.05) is 36.3 Å². The van der Waals surface area contributed by atoms with Crippen molar-refractivity contribution in [2.75, 3.05) is 14.2 Å². The fourth-order valence-electron chi connectivity index (χ4n) is 3.73. The summed E-state index contributed by atoms with van der Waals surface area (Å²) in [5.74, 6) is 1.77. The van der Waals surface area contributed by atoms with Crippen molar-refractivity contribution in [1.82, 2.24) is 24.9 Å². The molecule has 0 fully saturated rings. The normalized spacial score (nSPS) is 10.9. The number of rotatable bonds is 7. The van der Waals surface area contributed by atoms with Gasteiger partial charge in [-0.15, -0.1) is 0 Å². The predicted octanol–water partition coefficient (Wildman–Crippen LogP) is 5.70. The number of nitrogens with zero attached hydrogens (tertiary/aromatic N) is 5. The van der Waals surface area contributed by atoms with Crippen LogP contribution >= 0.6 is 15.9 Å². The van der Waals surface area contributed by atoms with Gasteiger partial charge in [0.05, 0.1) is 35.1 Å². The van der Waals surface area contributed by atoms with Crippen molar-refractivity contribution in [2.24, 2.45) is 0 Å². The number of hydrogen-bond donors (Lipinski definition) is 1. The number of methoxy groups -OCH3 is 2. The van der Waals surface area contributed by atoms with E-state index in [0.29, 0.717) is 39.5 Å². The third kappa shape index (κ3) is 4.23. The lowest BCUT2D eigenvalue weighted by Gasteiger charge is -2.12. The molecule has 5 aromatic rings. The minimum absolute atomic E-state index is 0.0191. The van der Waals surface area contributed by atoms with E-state index in [1.165, 1.54) is 20.3 Å². The summed E-state index contributed by atoms with van der Waals surface area (Å²) in [6, 6.07) is 10.6. The average Bonchev–Trinajstić information content (AvgIpc) is 3.23. The lowest BCUT2D eigenvalue weighted by molar-refractivity contribution is 0.349. The summed E-state index contributed by atoms with van der Waals surface area (Å²) >= 11 is 3.64. The lowest BCUT2D eigenvalue weighted by Crippen LogP contribution is -1.99. The third-order valence-corrected chi connectivity index (χ3v) is 6.28. The Hall–Kier alpha value is -4.43. The first-order valence-electron chi connectivity index (χ1n) is 10.8. The Labute approximate surface area is 214 Å². The average molecular weight is 547 g/mol. The fourth-order valence-corrected chi connectivity index (χ4v) is 4.46. The molecule has 0 unspecified atom stereocenters. The summed E-state index contributed by atoms with van der Waals surface area (Å²) < 4.78 is 23.6. The smallest absolute Gasteiger partial charge is 0.327 e. The van der Waals surface area contributed by atoms with Crippen LogP contribution in [0.25, 0.3) is 22.1 Å². The molecule has 0 saturated heterocycles. The minimum atomic E-state index is 0.0191. The quantitative estimate of drug-likeness (QED) is 0.273. The van der Waals surface area contributed by atoms with Crippen LogP contribution in [0.1, 0.15) is 18.2 Å². The van der Waals surface area contributed by atoms with E-state index >= 15 is 0 Å². The SMILES string of the molecule is CCc1[nH]c2nc(Oc3cc(C#N)c(OC)c(OC)c3)nc(Oc3ccc4nccnc4c3)c2c1Br. The van der Waals surface area contributed by atoms with E-state index < -0.39 is 0 Å². The molecule has 36 heavy (non-hydrogen) atoms. The number of aromatic nitrogens is 5. The molecule has 180 valence electrons. The zero-order valence-corrected chi connectivity index (χ0v) is 21.1. The number of benzene rings is 2. The van der Waals surface area contributed by atoms with E-state index in [0.717, 1.165) is 22.1 Å². The maximum atomic E-state index is 9.53. The van der Waals surface area contributed by atoms with Crippen LogP contribution in [0.15, 0.2) is 47.2 Å². The number of nitrogens with one attached hydrogen (secondary N) is 1. The summed E-state index contributed by atoms with van der Waals surface area (Å²) in [7, 11) is 2.95. The van der Waals surface area contributed by atoms with Crippen LogP contribution < -0.4 is 18.9 Å². The van der Waals surface area contributed by atoms with E-state index in [1.807, 2.05) is 13.0 Å². The maximum Gasteiger partial charge on any atom is 0.327 e. The molecule has 0 aliphatic heterocycles. The van der Waals surface area contributed by atoms with E-state index in [1.54, 1.807) is 30.6 Å². The van der Waals surface area contributed by atoms with Gasteiger partial charge in [0.1, 0.15) is 28.8 Å². The fraction of sp³-hybridized carbons (Fsp3) is 0.160. The summed E-state index contributed by atoms with van der Waals surface area (Å²) in [4.78, 5) is 21.0. The second-order valence-corrected chi connectivity index (χ2v) is 8.33. The van der Waals surface area contributed by atoms with Crippen LogP contribution in [0.3, 0.4) is 0 Å². The molecule has 0 aliphatic rings. The van der Waals surface area contributed by atoms with E-state index in [-0.39, 0.29) is 17.5 Å². The first-order valence-corrected chi connectivity index (χ1v) is 11.6. The molecular formula is C25H19BrN6O4. The topological polar surface area (TPSA) is 128 Å². The zero-order valence-electron chi connectivity index (χ0n) is 19.5. The van der Waals surface area contributed by atoms with Crippen molar-refractivity contribution in [3.05, 3.63) is 58.5 Å². The third-order valence-electron chi connectivity index (χ3n) is 5.40. The predicted molar refractivity (Wildman–Crippen MR) is 135 cm³/mol. The van der Waals surface area contributed by atoms with Crippen LogP contribution in [0.4, 0.5) is 0 Å². The largest absolute Gasteiger partial charge is 0.493 e. The molecule has 1 N–H and O–H groups in total. The highest BCUT2D eigenvalue weighted by Gasteiger charge is 2.20. The number of nitriles is 1. The Morgan fingerprint density at radius 2 is 1.78 bits per heavy atom. The number of hydrogen-bond acceptors (Lipinski definition) is 9. The molecule has 0 amide bonds. The van der Waals surface area contributed by atoms with E-state index in [4.69, 9.17) is 18.9 Å². The van der Waals surface area contributed by atoms with Gasteiger partial charge in [-0.1, -0.05) is 6.92 Å². The molecule has 3 heterocycles. The standard InChI is InChI=1S/C25H19BrN6O4/c1-4-16-21(26)20-23(30-16)31-25(36-15-9-13(12-27)22(34-3)19(11-15)33-2)32-24(20)35-14-5-6-17-18(10-14)29-8-7-28-17/h5-11H,4H2,1-3H3,(H,30,31,32). The van der Waals surface area contributed by atoms with E-state index in [2.05, 4.69) is 46.9 Å². The molecule has 5 rings (SSSR count). The van der Waals surface area contributed by atoms with Crippen molar-refractivity contribution >= 4 is 38.0 Å². The van der Waals surface area contributed by atoms with Gasteiger partial charge in [-0.2, -0.15) is 15.2 Å². The Balaban J connectivity index is 1.60. The molecule has 0 spiro atoms. The first-order chi connectivity index (χ1) is 17.5. The van der Waals surface area contributed by atoms with Gasteiger partial charge < -0.3 is 23.9 Å². The maximum absolute atomic E-state index is 9.53. The monoisotopic (exact) mass is 546 g/mol. The number of aryl methyl sites for hydroxylation is 1. The van der Waals surface area contributed by atoms with Gasteiger partial charge >= 0.3 is 6.01 Å². The summed E-state index contributed by atoms with van der Waals surface area (Å²) in [5, 5.41) is 10.2. The molecule has 0 radical (unpaired) electrons. The Morgan fingerprint density at radius 3 is 2.50 bits per heavy atom. The molecule has 0 bridgehead atoms. The van der Waals surface area contributed by atoms with Gasteiger partial charge in [0.2, 0.25) is 5.88 Å². The van der Waals surface area contributed by atoms with Crippen molar-refractivity contribution in [2.45, 2.75) is 13.3 Å². The Morgan fingerprint density at radius 1 is 0.972 bits per heavy atom. The Bertz CT molecular complexity index is 1650. The number of H-pyrrole nitrogens is 1. The number of ether oxygens (including phenoxy) is 4. The molecule has 10 nitrogen and oxygen atoms in total. The molecular weight excluding hydrogens is 528 g/mol. The van der Waals surface area contributed by atoms with Gasteiger partial charge in [0.15, 0.2) is 11.5 Å². The number of aromatic amines is 1. The minimum Gasteiger partial charge on any atom is -0.493 e. The number of fused-ring (bicyclic) bond motifs is 2. The first kappa shape index (κ1) is 23.3. The van der Waals surface area contributed by atoms with Crippen molar-refractivity contribution in [3.8, 4) is 41.0 Å². The highest BCUT2D eigenvalue weighted by Crippen LogP contribution is 2.39. The summed E-state index contributed by atoms with van der Waals surface area (Å²) in [6.07, 6.45) is 3.99. The molecule has 0 aliphatic carbocycles. The van der Waals surface area contributed by atoms with Crippen LogP contribution in [-0.4, -0.2) is 39.1 Å². The van der Waals surface area contributed by atoms with Crippen molar-refractivity contribution in [3.63, 3.8) is 0 Å². The molecule has 11 heteroatoms. The highest BCUT2D eigenvalue weighted by atomic mass is 79.9. The van der Waals surface area contributed by atoms with Gasteiger partial charge in [-0.3, -0.25) is 9.97 Å². The van der Waals surface area contributed by atoms with E-state index in [9.17, 15) is 5.26 Å². The Kier molecular flexibility index (Phi) is 6.26. The lowest BCUT2D eigenvalue weighted by atomic mass is 10.2. The number of halogens is 1. The van der Waals surface area contributed by atoms with Gasteiger partial charge in [-0.05, 0) is 34.5 Å². The van der Waals surface area contributed by atoms with Crippen LogP contribution in [-0.2, 0) is 6.42 Å². The second kappa shape index (κ2) is 9.67. The van der Waals surface area contributed by atoms with Gasteiger partial charge in [0.25, 0.3) is 0 Å². The summed E-state index contributed by atoms with van der Waals surface area (Å²) in [5.41, 5.74) is 3.15. The second-order valence-electron chi connectivity index (χ2n) is 7.54. The molecule has 0 atom stereocenters. The molecule has 3 aromatic heterocycles. The molecule has 2 aromatic carbocycles.